The van der Waals surface area contributed by atoms with Crippen molar-refractivity contribution in [1.82, 2.24) is 9.66 Å². The van der Waals surface area contributed by atoms with Crippen LogP contribution in [0.25, 0.3) is 22.3 Å². The molecule has 0 saturated heterocycles. The second-order valence-electron chi connectivity index (χ2n) is 11.1. The molecule has 1 heterocycles. The van der Waals surface area contributed by atoms with E-state index in [2.05, 4.69) is 18.9 Å². The largest absolute Gasteiger partial charge is 0.494 e. The van der Waals surface area contributed by atoms with Gasteiger partial charge in [0.2, 0.25) is 0 Å². The smallest absolute Gasteiger partial charge is 0.282 e. The summed E-state index contributed by atoms with van der Waals surface area (Å²) in [5.41, 5.74) is 4.18. The SMILES string of the molecule is CCOc1cc(C)c(-c2nc3ccccc3c(=O)n2N=Cc2cc(Cl)c(OCc3ccc([N+](=O)[O-])cc3)c(OCC)c2)cc1C(C)C. The van der Waals surface area contributed by atoms with Gasteiger partial charge < -0.3 is 14.2 Å². The molecule has 4 aromatic carbocycles. The van der Waals surface area contributed by atoms with Crippen molar-refractivity contribution in [3.63, 3.8) is 0 Å². The molecular weight excluding hydrogens is 620 g/mol. The van der Waals surface area contributed by atoms with Crippen LogP contribution in [0, 0.1) is 17.0 Å². The minimum atomic E-state index is -0.456. The van der Waals surface area contributed by atoms with Gasteiger partial charge in [0.05, 0.1) is 40.3 Å². The molecule has 11 heteroatoms. The lowest BCUT2D eigenvalue weighted by molar-refractivity contribution is -0.384. The number of para-hydroxylation sites is 1. The summed E-state index contributed by atoms with van der Waals surface area (Å²) < 4.78 is 19.1. The first-order valence-corrected chi connectivity index (χ1v) is 15.6. The molecule has 5 aromatic rings. The highest BCUT2D eigenvalue weighted by Gasteiger charge is 2.19. The van der Waals surface area contributed by atoms with Gasteiger partial charge in [0.15, 0.2) is 17.3 Å². The standard InChI is InChI=1S/C36H35ClN4O6/c1-6-45-32-16-23(5)29(19-28(32)22(3)4)35-39-31-11-9-8-10-27(31)36(42)40(35)38-20-25-17-30(37)34(33(18-25)46-7-2)47-21-24-12-14-26(15-13-24)41(43)44/h8-20,22H,6-7,21H2,1-5H3. The molecule has 0 saturated carbocycles. The number of nitro groups is 1. The van der Waals surface area contributed by atoms with Crippen molar-refractivity contribution in [3.8, 4) is 28.6 Å². The quantitative estimate of drug-likeness (QED) is 0.0754. The van der Waals surface area contributed by atoms with E-state index < -0.39 is 4.92 Å². The number of aromatic nitrogens is 2. The number of nitro benzene ring substituents is 1. The molecular formula is C36H35ClN4O6. The van der Waals surface area contributed by atoms with Crippen molar-refractivity contribution in [2.24, 2.45) is 5.10 Å². The molecule has 242 valence electrons. The summed E-state index contributed by atoms with van der Waals surface area (Å²) >= 11 is 6.68. The van der Waals surface area contributed by atoms with Gasteiger partial charge in [-0.3, -0.25) is 14.9 Å². The molecule has 0 aliphatic rings. The van der Waals surface area contributed by atoms with Crippen molar-refractivity contribution in [1.29, 1.82) is 0 Å². The second kappa shape index (κ2) is 14.5. The number of hydrogen-bond acceptors (Lipinski definition) is 8. The molecule has 47 heavy (non-hydrogen) atoms. The van der Waals surface area contributed by atoms with Crippen LogP contribution in [0.4, 0.5) is 5.69 Å². The predicted octanol–water partition coefficient (Wildman–Crippen LogP) is 8.32. The molecule has 0 fully saturated rings. The molecule has 0 radical (unpaired) electrons. The maximum Gasteiger partial charge on any atom is 0.282 e. The molecule has 0 amide bonds. The van der Waals surface area contributed by atoms with Gasteiger partial charge in [-0.25, -0.2) is 4.98 Å². The van der Waals surface area contributed by atoms with Crippen LogP contribution in [0.15, 0.2) is 82.7 Å². The Bertz CT molecular complexity index is 2020. The molecule has 0 aliphatic heterocycles. The Morgan fingerprint density at radius 1 is 0.979 bits per heavy atom. The van der Waals surface area contributed by atoms with E-state index in [0.29, 0.717) is 47.0 Å². The summed E-state index contributed by atoms with van der Waals surface area (Å²) in [6, 6.07) is 20.6. The predicted molar refractivity (Wildman–Crippen MR) is 184 cm³/mol. The van der Waals surface area contributed by atoms with E-state index in [9.17, 15) is 14.9 Å². The number of nitrogens with zero attached hydrogens (tertiary/aromatic N) is 4. The third-order valence-corrected chi connectivity index (χ3v) is 7.74. The van der Waals surface area contributed by atoms with Gasteiger partial charge in [-0.1, -0.05) is 37.6 Å². The first-order chi connectivity index (χ1) is 22.6. The molecule has 5 rings (SSSR count). The number of aryl methyl sites for hydroxylation is 1. The number of non-ortho nitro benzene ring substituents is 1. The highest BCUT2D eigenvalue weighted by Crippen LogP contribution is 2.37. The lowest BCUT2D eigenvalue weighted by atomic mass is 9.96. The third-order valence-electron chi connectivity index (χ3n) is 7.46. The monoisotopic (exact) mass is 654 g/mol. The maximum atomic E-state index is 13.9. The summed E-state index contributed by atoms with van der Waals surface area (Å²) in [7, 11) is 0. The minimum absolute atomic E-state index is 0.00708. The van der Waals surface area contributed by atoms with E-state index in [4.69, 9.17) is 30.8 Å². The molecule has 0 aliphatic carbocycles. The van der Waals surface area contributed by atoms with E-state index in [1.54, 1.807) is 36.4 Å². The Labute approximate surface area is 277 Å². The van der Waals surface area contributed by atoms with Gasteiger partial charge in [-0.15, -0.1) is 0 Å². The van der Waals surface area contributed by atoms with E-state index in [-0.39, 0.29) is 28.8 Å². The second-order valence-corrected chi connectivity index (χ2v) is 11.5. The Balaban J connectivity index is 1.56. The fourth-order valence-electron chi connectivity index (χ4n) is 5.14. The maximum absolute atomic E-state index is 13.9. The van der Waals surface area contributed by atoms with Crippen LogP contribution in [0.5, 0.6) is 17.2 Å². The van der Waals surface area contributed by atoms with Gasteiger partial charge in [-0.05, 0) is 97.5 Å². The van der Waals surface area contributed by atoms with Crippen LogP contribution in [0.1, 0.15) is 55.9 Å². The summed E-state index contributed by atoms with van der Waals surface area (Å²) in [6.45, 7) is 10.9. The normalized spacial score (nSPS) is 11.4. The van der Waals surface area contributed by atoms with Gasteiger partial charge in [0, 0.05) is 17.7 Å². The van der Waals surface area contributed by atoms with Crippen molar-refractivity contribution in [2.75, 3.05) is 13.2 Å². The Hall–Kier alpha value is -5.22. The fourth-order valence-corrected chi connectivity index (χ4v) is 5.41. The number of halogens is 1. The highest BCUT2D eigenvalue weighted by molar-refractivity contribution is 6.32. The lowest BCUT2D eigenvalue weighted by Crippen LogP contribution is -2.21. The number of fused-ring (bicyclic) bond motifs is 1. The Kier molecular flexibility index (Phi) is 10.2. The minimum Gasteiger partial charge on any atom is -0.494 e. The number of rotatable bonds is 12. The van der Waals surface area contributed by atoms with Crippen molar-refractivity contribution < 1.29 is 19.1 Å². The fraction of sp³-hybridized carbons (Fsp3) is 0.250. The Morgan fingerprint density at radius 2 is 1.68 bits per heavy atom. The number of hydrogen-bond donors (Lipinski definition) is 0. The van der Waals surface area contributed by atoms with E-state index in [0.717, 1.165) is 28.0 Å². The average molecular weight is 655 g/mol. The number of benzene rings is 4. The molecule has 0 spiro atoms. The summed E-state index contributed by atoms with van der Waals surface area (Å²) in [5.74, 6) is 2.07. The zero-order valence-electron chi connectivity index (χ0n) is 26.8. The molecule has 1 aromatic heterocycles. The van der Waals surface area contributed by atoms with E-state index >= 15 is 0 Å². The average Bonchev–Trinajstić information content (AvgIpc) is 3.04. The van der Waals surface area contributed by atoms with Crippen LogP contribution in [0.3, 0.4) is 0 Å². The lowest BCUT2D eigenvalue weighted by Gasteiger charge is -2.18. The highest BCUT2D eigenvalue weighted by atomic mass is 35.5. The topological polar surface area (TPSA) is 118 Å². The zero-order valence-corrected chi connectivity index (χ0v) is 27.6. The molecule has 10 nitrogen and oxygen atoms in total. The van der Waals surface area contributed by atoms with Gasteiger partial charge in [0.1, 0.15) is 12.4 Å². The third kappa shape index (κ3) is 7.28. The first-order valence-electron chi connectivity index (χ1n) is 15.3. The van der Waals surface area contributed by atoms with Crippen LogP contribution in [-0.2, 0) is 6.61 Å². The van der Waals surface area contributed by atoms with E-state index in [1.165, 1.54) is 23.0 Å². The number of ether oxygens (including phenoxy) is 3. The van der Waals surface area contributed by atoms with Crippen LogP contribution in [-0.4, -0.2) is 34.0 Å². The van der Waals surface area contributed by atoms with Gasteiger partial charge in [0.25, 0.3) is 11.2 Å². The summed E-state index contributed by atoms with van der Waals surface area (Å²) in [4.78, 5) is 29.3. The van der Waals surface area contributed by atoms with E-state index in [1.807, 2.05) is 45.0 Å². The molecule has 0 atom stereocenters. The van der Waals surface area contributed by atoms with Crippen LogP contribution in [0.2, 0.25) is 5.02 Å². The van der Waals surface area contributed by atoms with Crippen molar-refractivity contribution >= 4 is 34.4 Å². The van der Waals surface area contributed by atoms with Crippen LogP contribution >= 0.6 is 11.6 Å². The molecule has 0 bridgehead atoms. The van der Waals surface area contributed by atoms with Crippen LogP contribution < -0.4 is 19.8 Å². The Morgan fingerprint density at radius 3 is 2.36 bits per heavy atom. The first kappa shape index (κ1) is 33.2. The van der Waals surface area contributed by atoms with Gasteiger partial charge in [-0.2, -0.15) is 9.78 Å². The van der Waals surface area contributed by atoms with Crippen molar-refractivity contribution in [2.45, 2.75) is 47.1 Å². The summed E-state index contributed by atoms with van der Waals surface area (Å²) in [6.07, 6.45) is 1.53. The molecule has 0 N–H and O–H groups in total. The molecule has 0 unspecified atom stereocenters. The zero-order chi connectivity index (χ0) is 33.7. The summed E-state index contributed by atoms with van der Waals surface area (Å²) in [5, 5.41) is 16.3. The van der Waals surface area contributed by atoms with Gasteiger partial charge >= 0.3 is 0 Å². The van der Waals surface area contributed by atoms with Crippen molar-refractivity contribution in [3.05, 3.63) is 121 Å².